The molecule has 10 heteroatoms. The highest BCUT2D eigenvalue weighted by molar-refractivity contribution is 6.38. The summed E-state index contributed by atoms with van der Waals surface area (Å²) in [6, 6.07) is 7.58. The maximum Gasteiger partial charge on any atom is 0.407 e. The second-order valence-corrected chi connectivity index (χ2v) is 8.41. The fraction of sp³-hybridized carbons (Fsp3) is 0.583. The monoisotopic (exact) mass is 487 g/mol. The Morgan fingerprint density at radius 1 is 1.03 bits per heavy atom. The first kappa shape index (κ1) is 29.3. The number of nitrogens with one attached hydrogen (secondary N) is 1. The van der Waals surface area contributed by atoms with E-state index in [4.69, 9.17) is 9.47 Å². The van der Waals surface area contributed by atoms with Crippen molar-refractivity contribution in [2.24, 2.45) is 11.8 Å². The third-order valence-electron chi connectivity index (χ3n) is 4.96. The number of amides is 1. The normalized spacial score (nSPS) is 13.3. The van der Waals surface area contributed by atoms with Crippen molar-refractivity contribution in [3.63, 3.8) is 0 Å². The Kier molecular flexibility index (Phi) is 12.5. The zero-order valence-electron chi connectivity index (χ0n) is 19.7. The molecule has 0 aliphatic carbocycles. The van der Waals surface area contributed by atoms with E-state index in [0.29, 0.717) is 5.56 Å². The number of alkyl carbamates (subject to hydrolysis) is 1. The van der Waals surface area contributed by atoms with Gasteiger partial charge in [0.05, 0.1) is 19.1 Å². The number of carbonyl (C=O) groups is 4. The molecule has 1 N–H and O–H groups in total. The summed E-state index contributed by atoms with van der Waals surface area (Å²) in [7, 11) is 1.44. The van der Waals surface area contributed by atoms with Gasteiger partial charge in [0.15, 0.2) is 11.6 Å². The molecular weight excluding hydrogens is 455 g/mol. The minimum absolute atomic E-state index is 0.00455. The molecule has 34 heavy (non-hydrogen) atoms. The second-order valence-electron chi connectivity index (χ2n) is 8.41. The van der Waals surface area contributed by atoms with E-state index in [2.05, 4.69) is 5.32 Å². The predicted molar refractivity (Wildman–Crippen MR) is 118 cm³/mol. The summed E-state index contributed by atoms with van der Waals surface area (Å²) < 4.78 is 47.3. The summed E-state index contributed by atoms with van der Waals surface area (Å²) in [5.74, 6) is -3.83. The molecule has 0 unspecified atom stereocenters. The number of carbonyl (C=O) groups excluding carboxylic acids is 4. The van der Waals surface area contributed by atoms with Crippen molar-refractivity contribution in [2.75, 3.05) is 20.3 Å². The molecule has 0 spiro atoms. The van der Waals surface area contributed by atoms with Gasteiger partial charge in [-0.1, -0.05) is 44.2 Å². The van der Waals surface area contributed by atoms with Crippen molar-refractivity contribution in [3.8, 4) is 0 Å². The molecule has 0 radical (unpaired) electrons. The smallest absolute Gasteiger partial charge is 0.407 e. The van der Waals surface area contributed by atoms with Gasteiger partial charge in [0.25, 0.3) is 0 Å². The fourth-order valence-electron chi connectivity index (χ4n) is 3.29. The van der Waals surface area contributed by atoms with Crippen LogP contribution in [0.4, 0.5) is 18.0 Å². The Labute approximate surface area is 197 Å². The maximum atomic E-state index is 13.1. The number of hydrogen-bond acceptors (Lipinski definition) is 6. The van der Waals surface area contributed by atoms with Gasteiger partial charge in [-0.25, -0.2) is 4.79 Å². The molecule has 1 rings (SSSR count). The molecule has 1 aromatic carbocycles. The van der Waals surface area contributed by atoms with E-state index in [0.717, 1.165) is 0 Å². The van der Waals surface area contributed by atoms with Crippen LogP contribution in [-0.2, 0) is 30.3 Å². The molecular formula is C24H32F3NO6. The Bertz CT molecular complexity index is 811. The highest BCUT2D eigenvalue weighted by atomic mass is 19.4. The van der Waals surface area contributed by atoms with Crippen molar-refractivity contribution in [1.82, 2.24) is 5.32 Å². The first-order valence-corrected chi connectivity index (χ1v) is 11.1. The molecule has 190 valence electrons. The van der Waals surface area contributed by atoms with Crippen molar-refractivity contribution in [3.05, 3.63) is 35.9 Å². The van der Waals surface area contributed by atoms with Crippen LogP contribution in [0.1, 0.15) is 45.1 Å². The Morgan fingerprint density at radius 3 is 2.24 bits per heavy atom. The number of benzene rings is 1. The molecule has 0 aliphatic rings. The molecule has 0 aliphatic heterocycles. The molecule has 0 heterocycles. The van der Waals surface area contributed by atoms with Gasteiger partial charge in [-0.05, 0) is 24.3 Å². The van der Waals surface area contributed by atoms with Gasteiger partial charge < -0.3 is 14.8 Å². The lowest BCUT2D eigenvalue weighted by Crippen LogP contribution is -2.43. The zero-order chi connectivity index (χ0) is 25.7. The van der Waals surface area contributed by atoms with E-state index in [9.17, 15) is 32.3 Å². The molecule has 1 aromatic rings. The average molecular weight is 488 g/mol. The first-order valence-electron chi connectivity index (χ1n) is 11.1. The summed E-state index contributed by atoms with van der Waals surface area (Å²) in [4.78, 5) is 50.1. The number of Topliss-reactive ketones (excluding diaryl/α,β-unsaturated/α-hetero) is 3. The first-order chi connectivity index (χ1) is 15.9. The number of hydrogen-bond donors (Lipinski definition) is 1. The number of halogens is 3. The van der Waals surface area contributed by atoms with Gasteiger partial charge in [-0.3, -0.25) is 14.4 Å². The van der Waals surface area contributed by atoms with Gasteiger partial charge in [0, 0.05) is 25.9 Å². The van der Waals surface area contributed by atoms with Gasteiger partial charge in [0.2, 0.25) is 5.78 Å². The van der Waals surface area contributed by atoms with Gasteiger partial charge in [-0.2, -0.15) is 13.2 Å². The number of alkyl halides is 3. The predicted octanol–water partition coefficient (Wildman–Crippen LogP) is 4.07. The van der Waals surface area contributed by atoms with Crippen LogP contribution in [0.25, 0.3) is 0 Å². The number of ether oxygens (including phenoxy) is 2. The van der Waals surface area contributed by atoms with Crippen molar-refractivity contribution >= 4 is 23.4 Å². The lowest BCUT2D eigenvalue weighted by Gasteiger charge is -2.22. The molecule has 0 saturated heterocycles. The molecule has 0 bridgehead atoms. The fourth-order valence-corrected chi connectivity index (χ4v) is 3.29. The summed E-state index contributed by atoms with van der Waals surface area (Å²) in [6.45, 7) is 3.83. The number of ketones is 3. The number of rotatable bonds is 15. The quantitative estimate of drug-likeness (QED) is 0.296. The van der Waals surface area contributed by atoms with Crippen LogP contribution in [0.2, 0.25) is 0 Å². The summed E-state index contributed by atoms with van der Waals surface area (Å²) in [5, 5.41) is 2.48. The van der Waals surface area contributed by atoms with Crippen LogP contribution in [-0.4, -0.2) is 56.0 Å². The van der Waals surface area contributed by atoms with Gasteiger partial charge in [-0.15, -0.1) is 0 Å². The highest BCUT2D eigenvalue weighted by Crippen LogP contribution is 2.23. The topological polar surface area (TPSA) is 98.8 Å². The minimum atomic E-state index is -4.57. The van der Waals surface area contributed by atoms with Gasteiger partial charge >= 0.3 is 12.3 Å². The van der Waals surface area contributed by atoms with Crippen molar-refractivity contribution in [1.29, 1.82) is 0 Å². The standard InChI is InChI=1S/C24H32F3NO6/c1-16(2)13-19(28-23(32)34-12-11-33-3)21(30)15-18(14-17-7-5-4-6-8-17)22(31)20(29)9-10-24(25,26)27/h4-8,16,18-19H,9-15H2,1-3H3,(H,28,32)/t18-,19+/m1/s1. The van der Waals surface area contributed by atoms with E-state index in [1.807, 2.05) is 13.8 Å². The molecule has 7 nitrogen and oxygen atoms in total. The van der Waals surface area contributed by atoms with E-state index in [-0.39, 0.29) is 32.0 Å². The van der Waals surface area contributed by atoms with E-state index in [1.165, 1.54) is 7.11 Å². The molecule has 2 atom stereocenters. The van der Waals surface area contributed by atoms with Crippen LogP contribution >= 0.6 is 0 Å². The van der Waals surface area contributed by atoms with Crippen LogP contribution in [0.3, 0.4) is 0 Å². The van der Waals surface area contributed by atoms with Crippen molar-refractivity contribution in [2.45, 2.75) is 58.2 Å². The second kappa shape index (κ2) is 14.5. The number of methoxy groups -OCH3 is 1. The maximum absolute atomic E-state index is 13.1. The summed E-state index contributed by atoms with van der Waals surface area (Å²) in [6.07, 6.45) is -7.92. The van der Waals surface area contributed by atoms with Crippen LogP contribution < -0.4 is 5.32 Å². The van der Waals surface area contributed by atoms with E-state index < -0.39 is 60.8 Å². The lowest BCUT2D eigenvalue weighted by atomic mass is 9.85. The lowest BCUT2D eigenvalue weighted by molar-refractivity contribution is -0.149. The van der Waals surface area contributed by atoms with Crippen LogP contribution in [0.15, 0.2) is 30.3 Å². The molecule has 0 saturated carbocycles. The zero-order valence-corrected chi connectivity index (χ0v) is 19.7. The Morgan fingerprint density at radius 2 is 1.68 bits per heavy atom. The minimum Gasteiger partial charge on any atom is -0.447 e. The molecule has 0 fully saturated rings. The third-order valence-corrected chi connectivity index (χ3v) is 4.96. The largest absolute Gasteiger partial charge is 0.447 e. The SMILES string of the molecule is COCCOC(=O)N[C@@H](CC(C)C)C(=O)C[C@@H](Cc1ccccc1)C(=O)C(=O)CCC(F)(F)F. The van der Waals surface area contributed by atoms with Crippen LogP contribution in [0.5, 0.6) is 0 Å². The third kappa shape index (κ3) is 11.9. The summed E-state index contributed by atoms with van der Waals surface area (Å²) >= 11 is 0. The van der Waals surface area contributed by atoms with E-state index >= 15 is 0 Å². The molecule has 1 amide bonds. The Hall–Kier alpha value is -2.75. The van der Waals surface area contributed by atoms with Crippen LogP contribution in [0, 0.1) is 11.8 Å². The van der Waals surface area contributed by atoms with E-state index in [1.54, 1.807) is 30.3 Å². The molecule has 0 aromatic heterocycles. The van der Waals surface area contributed by atoms with Crippen molar-refractivity contribution < 1.29 is 41.8 Å². The average Bonchev–Trinajstić information content (AvgIpc) is 2.76. The highest BCUT2D eigenvalue weighted by Gasteiger charge is 2.34. The summed E-state index contributed by atoms with van der Waals surface area (Å²) in [5.41, 5.74) is 0.657. The van der Waals surface area contributed by atoms with Gasteiger partial charge in [0.1, 0.15) is 6.61 Å². The Balaban J connectivity index is 2.99.